The fraction of sp³-hybridized carbons (Fsp3) is 0.364. The van der Waals surface area contributed by atoms with Gasteiger partial charge in [0, 0.05) is 53.6 Å². The molecule has 4 atom stereocenters. The van der Waals surface area contributed by atoms with Crippen molar-refractivity contribution in [1.82, 2.24) is 25.9 Å². The third-order valence-corrected chi connectivity index (χ3v) is 8.64. The monoisotopic (exact) mass is 677 g/mol. The van der Waals surface area contributed by atoms with Crippen molar-refractivity contribution in [2.24, 2.45) is 22.2 Å². The molecule has 0 saturated carbocycles. The number of benzene rings is 2. The zero-order valence-electron chi connectivity index (χ0n) is 26.7. The number of aliphatic carboxylic acids is 1. The number of carbonyl (C=O) groups excluding carboxylic acids is 3. The molecule has 0 fully saturated rings. The molecule has 15 heteroatoms. The van der Waals surface area contributed by atoms with E-state index in [0.717, 1.165) is 32.9 Å². The normalized spacial score (nSPS) is 13.7. The number of hydrogen-bond acceptors (Lipinski definition) is 7. The molecule has 0 radical (unpaired) electrons. The number of rotatable bonds is 18. The molecule has 0 aliphatic rings. The standard InChI is InChI=1S/C33H43N9O5S/c1-48-14-12-26(32(46)47)40-30(44)28(16-20-18-39-25-11-5-3-8-22(20)25)42-31(45)27(15-19-17-38-24-10-4-2-7-21(19)24)41-29(43)23(34)9-6-13-37-33(35)36/h2-5,7-8,10-11,17-18,23,26-28,38-39H,6,9,12-16,34H2,1H3,(H,40,44)(H,41,43)(H,42,45)(H,46,47)(H4,35,36,37). The summed E-state index contributed by atoms with van der Waals surface area (Å²) in [5.74, 6) is -2.56. The first-order chi connectivity index (χ1) is 23.1. The van der Waals surface area contributed by atoms with Crippen LogP contribution in [0.4, 0.5) is 0 Å². The quantitative estimate of drug-likeness (QED) is 0.0415. The summed E-state index contributed by atoms with van der Waals surface area (Å²) in [6.45, 7) is 0.293. The average Bonchev–Trinajstić information content (AvgIpc) is 3.67. The van der Waals surface area contributed by atoms with E-state index in [1.54, 1.807) is 12.4 Å². The van der Waals surface area contributed by atoms with Crippen LogP contribution < -0.4 is 33.2 Å². The topological polar surface area (TPSA) is 247 Å². The van der Waals surface area contributed by atoms with Crippen LogP contribution in [-0.4, -0.2) is 87.4 Å². The van der Waals surface area contributed by atoms with Gasteiger partial charge in [-0.25, -0.2) is 4.79 Å². The lowest BCUT2D eigenvalue weighted by Crippen LogP contribution is -2.58. The molecule has 0 spiro atoms. The van der Waals surface area contributed by atoms with E-state index in [2.05, 4.69) is 30.9 Å². The Kier molecular flexibility index (Phi) is 12.9. The number of fused-ring (bicyclic) bond motifs is 2. The highest BCUT2D eigenvalue weighted by atomic mass is 32.2. The Morgan fingerprint density at radius 1 is 0.792 bits per heavy atom. The van der Waals surface area contributed by atoms with Crippen molar-refractivity contribution >= 4 is 63.2 Å². The van der Waals surface area contributed by atoms with Gasteiger partial charge in [0.2, 0.25) is 17.7 Å². The summed E-state index contributed by atoms with van der Waals surface area (Å²) in [7, 11) is 0. The Morgan fingerprint density at radius 3 is 1.79 bits per heavy atom. The number of nitrogens with zero attached hydrogens (tertiary/aromatic N) is 1. The number of amides is 3. The summed E-state index contributed by atoms with van der Waals surface area (Å²) in [6.07, 6.45) is 6.44. The van der Waals surface area contributed by atoms with Crippen LogP contribution in [0.15, 0.2) is 65.9 Å². The molecule has 2 heterocycles. The molecule has 256 valence electrons. The number of para-hydroxylation sites is 2. The lowest BCUT2D eigenvalue weighted by atomic mass is 10.0. The number of thioether (sulfide) groups is 1. The van der Waals surface area contributed by atoms with E-state index < -0.39 is 47.9 Å². The van der Waals surface area contributed by atoms with Crippen LogP contribution in [0.1, 0.15) is 30.4 Å². The zero-order valence-corrected chi connectivity index (χ0v) is 27.5. The Bertz CT molecular complexity index is 1750. The summed E-state index contributed by atoms with van der Waals surface area (Å²) < 4.78 is 0. The molecular weight excluding hydrogens is 634 g/mol. The fourth-order valence-electron chi connectivity index (χ4n) is 5.43. The Labute approximate surface area is 282 Å². The third kappa shape index (κ3) is 9.75. The van der Waals surface area contributed by atoms with Crippen LogP contribution in [0, 0.1) is 0 Å². The number of carboxylic acid groups (broad SMARTS) is 1. The van der Waals surface area contributed by atoms with Crippen LogP contribution in [0.5, 0.6) is 0 Å². The number of aliphatic imine (C=N–C) groups is 1. The first kappa shape index (κ1) is 35.8. The number of carbonyl (C=O) groups is 4. The van der Waals surface area contributed by atoms with Crippen molar-refractivity contribution < 1.29 is 24.3 Å². The first-order valence-corrected chi connectivity index (χ1v) is 17.0. The van der Waals surface area contributed by atoms with Crippen LogP contribution in [0.2, 0.25) is 0 Å². The maximum absolute atomic E-state index is 14.1. The predicted octanol–water partition coefficient (Wildman–Crippen LogP) is 1.11. The van der Waals surface area contributed by atoms with Gasteiger partial charge in [-0.2, -0.15) is 11.8 Å². The molecule has 2 aromatic heterocycles. The number of aromatic nitrogens is 2. The SMILES string of the molecule is CSCCC(NC(=O)C(Cc1c[nH]c2ccccc12)NC(=O)C(Cc1c[nH]c2ccccc12)NC(=O)C(N)CCCN=C(N)N)C(=O)O. The zero-order chi connectivity index (χ0) is 34.6. The van der Waals surface area contributed by atoms with Gasteiger partial charge in [0.05, 0.1) is 6.04 Å². The minimum Gasteiger partial charge on any atom is -0.480 e. The third-order valence-electron chi connectivity index (χ3n) is 7.99. The Hall–Kier alpha value is -5.02. The molecular formula is C33H43N9O5S. The molecule has 12 N–H and O–H groups in total. The predicted molar refractivity (Wildman–Crippen MR) is 188 cm³/mol. The van der Waals surface area contributed by atoms with E-state index in [9.17, 15) is 24.3 Å². The minimum absolute atomic E-state index is 0.0614. The maximum Gasteiger partial charge on any atom is 0.326 e. The first-order valence-electron chi connectivity index (χ1n) is 15.6. The fourth-order valence-corrected chi connectivity index (χ4v) is 5.90. The van der Waals surface area contributed by atoms with E-state index in [4.69, 9.17) is 17.2 Å². The Morgan fingerprint density at radius 2 is 1.29 bits per heavy atom. The highest BCUT2D eigenvalue weighted by molar-refractivity contribution is 7.98. The number of carboxylic acids is 1. The van der Waals surface area contributed by atoms with E-state index in [1.165, 1.54) is 11.8 Å². The second kappa shape index (κ2) is 17.2. The number of H-pyrrole nitrogens is 2. The highest BCUT2D eigenvalue weighted by Crippen LogP contribution is 2.21. The van der Waals surface area contributed by atoms with E-state index in [1.807, 2.05) is 54.8 Å². The molecule has 0 aliphatic carbocycles. The van der Waals surface area contributed by atoms with E-state index in [0.29, 0.717) is 18.7 Å². The van der Waals surface area contributed by atoms with Crippen molar-refractivity contribution in [3.05, 3.63) is 72.1 Å². The van der Waals surface area contributed by atoms with Crippen LogP contribution >= 0.6 is 11.8 Å². The summed E-state index contributed by atoms with van der Waals surface area (Å²) in [4.78, 5) is 63.3. The van der Waals surface area contributed by atoms with Gasteiger partial charge in [-0.05, 0) is 54.5 Å². The van der Waals surface area contributed by atoms with Gasteiger partial charge in [0.25, 0.3) is 0 Å². The number of aromatic amines is 2. The molecule has 2 aromatic carbocycles. The largest absolute Gasteiger partial charge is 0.480 e. The Balaban J connectivity index is 1.60. The van der Waals surface area contributed by atoms with Crippen molar-refractivity contribution in [2.75, 3.05) is 18.6 Å². The molecule has 0 bridgehead atoms. The molecule has 48 heavy (non-hydrogen) atoms. The highest BCUT2D eigenvalue weighted by Gasteiger charge is 2.31. The molecule has 4 aromatic rings. The summed E-state index contributed by atoms with van der Waals surface area (Å²) in [5.41, 5.74) is 20.2. The van der Waals surface area contributed by atoms with E-state index >= 15 is 0 Å². The summed E-state index contributed by atoms with van der Waals surface area (Å²) in [5, 5.41) is 19.7. The van der Waals surface area contributed by atoms with Gasteiger partial charge >= 0.3 is 5.97 Å². The van der Waals surface area contributed by atoms with E-state index in [-0.39, 0.29) is 31.6 Å². The van der Waals surface area contributed by atoms with Gasteiger partial charge < -0.3 is 48.2 Å². The van der Waals surface area contributed by atoms with Crippen LogP contribution in [-0.2, 0) is 32.0 Å². The molecule has 0 saturated heterocycles. The number of guanidine groups is 1. The van der Waals surface area contributed by atoms with Crippen molar-refractivity contribution in [3.63, 3.8) is 0 Å². The van der Waals surface area contributed by atoms with Gasteiger partial charge in [0.15, 0.2) is 5.96 Å². The van der Waals surface area contributed by atoms with Gasteiger partial charge in [-0.3, -0.25) is 19.4 Å². The number of hydrogen-bond donors (Lipinski definition) is 9. The van der Waals surface area contributed by atoms with Gasteiger partial charge in [-0.15, -0.1) is 0 Å². The molecule has 3 amide bonds. The van der Waals surface area contributed by atoms with Crippen LogP contribution in [0.3, 0.4) is 0 Å². The second-order valence-electron chi connectivity index (χ2n) is 11.5. The van der Waals surface area contributed by atoms with Gasteiger partial charge in [0.1, 0.15) is 18.1 Å². The van der Waals surface area contributed by atoms with Crippen molar-refractivity contribution in [3.8, 4) is 0 Å². The second-order valence-corrected chi connectivity index (χ2v) is 12.5. The van der Waals surface area contributed by atoms with Gasteiger partial charge in [-0.1, -0.05) is 36.4 Å². The summed E-state index contributed by atoms with van der Waals surface area (Å²) in [6, 6.07) is 10.7. The maximum atomic E-state index is 14.1. The molecule has 4 unspecified atom stereocenters. The lowest BCUT2D eigenvalue weighted by molar-refractivity contribution is -0.142. The smallest absolute Gasteiger partial charge is 0.326 e. The number of nitrogens with one attached hydrogen (secondary N) is 5. The minimum atomic E-state index is -1.17. The summed E-state index contributed by atoms with van der Waals surface area (Å²) >= 11 is 1.46. The van der Waals surface area contributed by atoms with Crippen molar-refractivity contribution in [2.45, 2.75) is 56.3 Å². The van der Waals surface area contributed by atoms with Crippen LogP contribution in [0.25, 0.3) is 21.8 Å². The number of nitrogens with two attached hydrogens (primary N) is 3. The lowest BCUT2D eigenvalue weighted by Gasteiger charge is -2.25. The molecule has 4 rings (SSSR count). The molecule has 14 nitrogen and oxygen atoms in total. The molecule has 0 aliphatic heterocycles. The average molecular weight is 678 g/mol. The van der Waals surface area contributed by atoms with Crippen molar-refractivity contribution in [1.29, 1.82) is 0 Å².